The fourth-order valence-electron chi connectivity index (χ4n) is 3.92. The number of hydrogen-bond donors (Lipinski definition) is 6. The van der Waals surface area contributed by atoms with E-state index in [9.17, 15) is 36.3 Å². The van der Waals surface area contributed by atoms with Crippen LogP contribution < -0.4 is 21.3 Å². The van der Waals surface area contributed by atoms with Crippen LogP contribution in [0.2, 0.25) is 0 Å². The third-order valence-corrected chi connectivity index (χ3v) is 5.83. The molecule has 1 unspecified atom stereocenters. The van der Waals surface area contributed by atoms with Crippen LogP contribution in [0.3, 0.4) is 0 Å². The van der Waals surface area contributed by atoms with Crippen molar-refractivity contribution in [2.45, 2.75) is 24.8 Å². The molecule has 3 aromatic rings. The summed E-state index contributed by atoms with van der Waals surface area (Å²) >= 11 is 0. The van der Waals surface area contributed by atoms with Gasteiger partial charge >= 0.3 is 12.1 Å². The third kappa shape index (κ3) is 6.81. The fraction of sp³-hybridized carbons (Fsp3) is 0.292. The minimum atomic E-state index is -4.83. The second-order valence-corrected chi connectivity index (χ2v) is 8.78. The van der Waals surface area contributed by atoms with E-state index in [0.29, 0.717) is 34.8 Å². The fourth-order valence-corrected chi connectivity index (χ4v) is 3.92. The van der Waals surface area contributed by atoms with Crippen molar-refractivity contribution in [1.29, 1.82) is 0 Å². The van der Waals surface area contributed by atoms with E-state index in [1.807, 2.05) is 0 Å². The molecule has 2 aromatic carbocycles. The molecule has 40 heavy (non-hydrogen) atoms. The largest absolute Gasteiger partial charge is 0.481 e. The molecule has 0 spiro atoms. The molecule has 4 rings (SSSR count). The Morgan fingerprint density at radius 3 is 2.62 bits per heavy atom. The number of H-pyrrole nitrogens is 1. The second-order valence-electron chi connectivity index (χ2n) is 8.78. The molecule has 0 saturated carbocycles. The van der Waals surface area contributed by atoms with E-state index in [0.717, 1.165) is 0 Å². The van der Waals surface area contributed by atoms with Crippen LogP contribution in [-0.4, -0.2) is 64.9 Å². The standard InChI is InChI=1S/C24H22F5N7O4/c25-13-7-31-23(32-8-13)35-17-3-11(4-19-15(17)9-33-36-19)22(40)30-10-20(37)34-18(6-21(38)39)14-5-12(24(27,28)29)1-2-16(14)26/h1-5,9,13,18H,6-8,10H2,(H,30,40)(H,33,36)(H,34,37)(H,38,39)(H2,31,32,35)/t18-/m0/s1. The molecule has 0 saturated heterocycles. The number of aromatic nitrogens is 2. The Morgan fingerprint density at radius 1 is 1.18 bits per heavy atom. The molecule has 212 valence electrons. The molecule has 16 heteroatoms. The Bertz CT molecular complexity index is 1470. The van der Waals surface area contributed by atoms with Gasteiger partial charge in [0, 0.05) is 16.5 Å². The van der Waals surface area contributed by atoms with Gasteiger partial charge in [-0.3, -0.25) is 19.5 Å². The zero-order valence-electron chi connectivity index (χ0n) is 20.4. The minimum Gasteiger partial charge on any atom is -0.481 e. The Labute approximate surface area is 222 Å². The lowest BCUT2D eigenvalue weighted by Gasteiger charge is -2.20. The number of alkyl halides is 4. The van der Waals surface area contributed by atoms with Gasteiger partial charge in [-0.1, -0.05) is 0 Å². The van der Waals surface area contributed by atoms with Crippen molar-refractivity contribution in [1.82, 2.24) is 26.1 Å². The van der Waals surface area contributed by atoms with Crippen molar-refractivity contribution in [2.75, 3.05) is 25.0 Å². The van der Waals surface area contributed by atoms with Gasteiger partial charge in [-0.25, -0.2) is 13.8 Å². The molecular weight excluding hydrogens is 545 g/mol. The molecule has 6 N–H and O–H groups in total. The molecule has 1 aliphatic rings. The summed E-state index contributed by atoms with van der Waals surface area (Å²) in [7, 11) is 0. The van der Waals surface area contributed by atoms with Gasteiger partial charge in [0.05, 0.1) is 55.1 Å². The van der Waals surface area contributed by atoms with Gasteiger partial charge in [-0.15, -0.1) is 0 Å². The highest BCUT2D eigenvalue weighted by atomic mass is 19.4. The van der Waals surface area contributed by atoms with Gasteiger partial charge in [0.15, 0.2) is 5.96 Å². The summed E-state index contributed by atoms with van der Waals surface area (Å²) in [6.07, 6.45) is -5.39. The smallest absolute Gasteiger partial charge is 0.416 e. The zero-order valence-corrected chi connectivity index (χ0v) is 20.4. The van der Waals surface area contributed by atoms with Crippen molar-refractivity contribution in [3.63, 3.8) is 0 Å². The lowest BCUT2D eigenvalue weighted by atomic mass is 10.00. The number of guanidine groups is 1. The van der Waals surface area contributed by atoms with E-state index in [4.69, 9.17) is 5.11 Å². The number of rotatable bonds is 8. The number of aliphatic imine (C=N–C) groups is 1. The lowest BCUT2D eigenvalue weighted by Crippen LogP contribution is -2.41. The topological polar surface area (TPSA) is 161 Å². The summed E-state index contributed by atoms with van der Waals surface area (Å²) in [5.74, 6) is -4.08. The number of amides is 2. The number of fused-ring (bicyclic) bond motifs is 1. The van der Waals surface area contributed by atoms with Gasteiger partial charge in [0.2, 0.25) is 5.91 Å². The third-order valence-electron chi connectivity index (χ3n) is 5.83. The van der Waals surface area contributed by atoms with Crippen LogP contribution in [0, 0.1) is 5.82 Å². The monoisotopic (exact) mass is 567 g/mol. The van der Waals surface area contributed by atoms with Crippen LogP contribution in [0.5, 0.6) is 0 Å². The number of nitrogens with zero attached hydrogens (tertiary/aromatic N) is 2. The predicted molar refractivity (Wildman–Crippen MR) is 132 cm³/mol. The number of carbonyl (C=O) groups excluding carboxylic acids is 2. The van der Waals surface area contributed by atoms with E-state index in [2.05, 4.69) is 36.5 Å². The molecule has 0 fully saturated rings. The van der Waals surface area contributed by atoms with E-state index < -0.39 is 66.1 Å². The number of carboxylic acids is 1. The van der Waals surface area contributed by atoms with Crippen molar-refractivity contribution in [3.05, 3.63) is 59.0 Å². The number of aromatic amines is 1. The van der Waals surface area contributed by atoms with Crippen LogP contribution in [0.25, 0.3) is 10.9 Å². The number of halogens is 5. The Hall–Kier alpha value is -4.76. The highest BCUT2D eigenvalue weighted by molar-refractivity contribution is 6.07. The molecule has 2 amide bonds. The second kappa shape index (κ2) is 11.5. The first-order chi connectivity index (χ1) is 18.9. The maximum atomic E-state index is 14.3. The van der Waals surface area contributed by atoms with E-state index in [1.54, 1.807) is 0 Å². The van der Waals surface area contributed by atoms with Crippen LogP contribution in [-0.2, 0) is 15.8 Å². The van der Waals surface area contributed by atoms with Gasteiger partial charge < -0.3 is 26.4 Å². The number of hydrogen-bond acceptors (Lipinski definition) is 7. The Balaban J connectivity index is 1.47. The maximum Gasteiger partial charge on any atom is 0.416 e. The highest BCUT2D eigenvalue weighted by Gasteiger charge is 2.33. The predicted octanol–water partition coefficient (Wildman–Crippen LogP) is 2.49. The average molecular weight is 567 g/mol. The maximum absolute atomic E-state index is 14.3. The molecule has 0 aliphatic carbocycles. The quantitative estimate of drug-likeness (QED) is 0.228. The lowest BCUT2D eigenvalue weighted by molar-refractivity contribution is -0.138. The zero-order chi connectivity index (χ0) is 29.0. The first-order valence-corrected chi connectivity index (χ1v) is 11.7. The molecule has 2 heterocycles. The minimum absolute atomic E-state index is 0.0446. The van der Waals surface area contributed by atoms with Crippen LogP contribution in [0.4, 0.5) is 27.6 Å². The Morgan fingerprint density at radius 2 is 1.95 bits per heavy atom. The van der Waals surface area contributed by atoms with E-state index in [-0.39, 0.29) is 24.6 Å². The van der Waals surface area contributed by atoms with Gasteiger partial charge in [-0.2, -0.15) is 18.3 Å². The normalized spacial score (nSPS) is 16.0. The number of anilines is 1. The van der Waals surface area contributed by atoms with Gasteiger partial charge in [-0.05, 0) is 30.3 Å². The van der Waals surface area contributed by atoms with Crippen LogP contribution >= 0.6 is 0 Å². The van der Waals surface area contributed by atoms with Crippen LogP contribution in [0.1, 0.15) is 33.9 Å². The molecule has 2 atom stereocenters. The van der Waals surface area contributed by atoms with Crippen molar-refractivity contribution < 1.29 is 41.4 Å². The number of benzene rings is 2. The number of carbonyl (C=O) groups is 3. The summed E-state index contributed by atoms with van der Waals surface area (Å²) in [6.45, 7) is -0.708. The van der Waals surface area contributed by atoms with Crippen molar-refractivity contribution in [3.8, 4) is 0 Å². The van der Waals surface area contributed by atoms with E-state index in [1.165, 1.54) is 18.3 Å². The first kappa shape index (κ1) is 28.3. The van der Waals surface area contributed by atoms with Crippen LogP contribution in [0.15, 0.2) is 41.5 Å². The summed E-state index contributed by atoms with van der Waals surface area (Å²) in [6, 6.07) is 2.68. The molecule has 0 bridgehead atoms. The van der Waals surface area contributed by atoms with Gasteiger partial charge in [0.1, 0.15) is 12.0 Å². The summed E-state index contributed by atoms with van der Waals surface area (Å²) in [5, 5.41) is 26.6. The molecular formula is C24H22F5N7O4. The Kier molecular flexibility index (Phi) is 8.16. The SMILES string of the molecule is O=C(O)C[C@H](NC(=O)CNC(=O)c1cc(NC2=NCC(F)CN2)c2cn[nH]c2c1)c1cc(C(F)(F)F)ccc1F. The molecule has 11 nitrogen and oxygen atoms in total. The average Bonchev–Trinajstić information content (AvgIpc) is 3.37. The highest BCUT2D eigenvalue weighted by Crippen LogP contribution is 2.32. The first-order valence-electron chi connectivity index (χ1n) is 11.7. The number of nitrogens with one attached hydrogen (secondary N) is 5. The summed E-state index contributed by atoms with van der Waals surface area (Å²) < 4.78 is 67.0. The molecule has 1 aromatic heterocycles. The summed E-state index contributed by atoms with van der Waals surface area (Å²) in [4.78, 5) is 40.6. The number of carboxylic acid groups (broad SMARTS) is 1. The number of aliphatic carboxylic acids is 1. The van der Waals surface area contributed by atoms with Crippen molar-refractivity contribution in [2.24, 2.45) is 4.99 Å². The van der Waals surface area contributed by atoms with E-state index >= 15 is 0 Å². The molecule has 1 aliphatic heterocycles. The van der Waals surface area contributed by atoms with Crippen molar-refractivity contribution >= 4 is 40.3 Å². The molecule has 0 radical (unpaired) electrons. The summed E-state index contributed by atoms with van der Waals surface area (Å²) in [5.41, 5.74) is -0.986. The van der Waals surface area contributed by atoms with Gasteiger partial charge in [0.25, 0.3) is 5.91 Å².